The zero-order chi connectivity index (χ0) is 12.2. The largest absolute Gasteiger partial charge is 0.462 e. The molecule has 0 fully saturated rings. The molecular formula is C10H13NO4S. The molecule has 0 saturated heterocycles. The van der Waals surface area contributed by atoms with E-state index < -0.39 is 16.0 Å². The van der Waals surface area contributed by atoms with Gasteiger partial charge >= 0.3 is 5.97 Å². The fourth-order valence-electron chi connectivity index (χ4n) is 1.10. The first-order valence-corrected chi connectivity index (χ1v) is 6.20. The third kappa shape index (κ3) is 2.80. The van der Waals surface area contributed by atoms with Gasteiger partial charge in [0.25, 0.3) is 0 Å². The van der Waals surface area contributed by atoms with E-state index in [1.165, 1.54) is 31.3 Å². The smallest absolute Gasteiger partial charge is 0.338 e. The summed E-state index contributed by atoms with van der Waals surface area (Å²) in [6.45, 7) is 1.99. The van der Waals surface area contributed by atoms with E-state index in [1.54, 1.807) is 6.92 Å². The summed E-state index contributed by atoms with van der Waals surface area (Å²) in [4.78, 5) is 11.4. The van der Waals surface area contributed by atoms with Crippen molar-refractivity contribution < 1.29 is 17.9 Å². The number of hydrogen-bond donors (Lipinski definition) is 1. The van der Waals surface area contributed by atoms with Gasteiger partial charge in [-0.3, -0.25) is 0 Å². The molecule has 0 bridgehead atoms. The van der Waals surface area contributed by atoms with E-state index in [1.807, 2.05) is 0 Å². The van der Waals surface area contributed by atoms with Gasteiger partial charge in [0, 0.05) is 0 Å². The molecule has 1 aromatic rings. The Balaban J connectivity index is 2.96. The molecule has 0 aliphatic heterocycles. The van der Waals surface area contributed by atoms with Crippen LogP contribution in [0.2, 0.25) is 0 Å². The van der Waals surface area contributed by atoms with Crippen molar-refractivity contribution in [2.24, 2.45) is 0 Å². The molecule has 1 aromatic carbocycles. The van der Waals surface area contributed by atoms with E-state index in [-0.39, 0.29) is 11.5 Å². The van der Waals surface area contributed by atoms with E-state index in [0.29, 0.717) is 5.56 Å². The number of nitrogens with one attached hydrogen (secondary N) is 1. The van der Waals surface area contributed by atoms with Crippen molar-refractivity contribution in [1.29, 1.82) is 0 Å². The second kappa shape index (κ2) is 5.09. The summed E-state index contributed by atoms with van der Waals surface area (Å²) < 4.78 is 29.7. The lowest BCUT2D eigenvalue weighted by Crippen LogP contribution is -2.18. The van der Waals surface area contributed by atoms with Crippen LogP contribution in [0.1, 0.15) is 17.3 Å². The summed E-state index contributed by atoms with van der Waals surface area (Å²) in [5, 5.41) is 0. The van der Waals surface area contributed by atoms with Crippen molar-refractivity contribution in [2.45, 2.75) is 11.8 Å². The van der Waals surface area contributed by atoms with Gasteiger partial charge in [-0.25, -0.2) is 17.9 Å². The van der Waals surface area contributed by atoms with Crippen LogP contribution in [0, 0.1) is 0 Å². The average molecular weight is 243 g/mol. The maximum Gasteiger partial charge on any atom is 0.338 e. The Bertz CT molecular complexity index is 464. The lowest BCUT2D eigenvalue weighted by molar-refractivity contribution is 0.0526. The summed E-state index contributed by atoms with van der Waals surface area (Å²) in [5.74, 6) is -0.462. The molecule has 0 heterocycles. The maximum atomic E-state index is 11.4. The number of carbonyl (C=O) groups excluding carboxylic acids is 1. The molecule has 88 valence electrons. The van der Waals surface area contributed by atoms with Crippen LogP contribution in [-0.4, -0.2) is 28.0 Å². The Labute approximate surface area is 94.5 Å². The molecule has 0 atom stereocenters. The predicted molar refractivity (Wildman–Crippen MR) is 58.6 cm³/mol. The predicted octanol–water partition coefficient (Wildman–Crippen LogP) is 0.771. The summed E-state index contributed by atoms with van der Waals surface area (Å²) in [7, 11) is -2.13. The van der Waals surface area contributed by atoms with Gasteiger partial charge in [-0.15, -0.1) is 0 Å². The molecule has 0 amide bonds. The molecule has 0 aromatic heterocycles. The molecular weight excluding hydrogens is 230 g/mol. The van der Waals surface area contributed by atoms with Crippen molar-refractivity contribution in [3.8, 4) is 0 Å². The van der Waals surface area contributed by atoms with Gasteiger partial charge in [0.2, 0.25) is 10.0 Å². The minimum absolute atomic E-state index is 0.114. The highest BCUT2D eigenvalue weighted by Gasteiger charge is 2.12. The first-order chi connectivity index (χ1) is 7.51. The molecule has 0 radical (unpaired) electrons. The molecule has 6 heteroatoms. The van der Waals surface area contributed by atoms with Gasteiger partial charge in [-0.1, -0.05) is 0 Å². The molecule has 0 aliphatic rings. The van der Waals surface area contributed by atoms with Crippen LogP contribution in [0.5, 0.6) is 0 Å². The molecule has 1 N–H and O–H groups in total. The van der Waals surface area contributed by atoms with Crippen LogP contribution >= 0.6 is 0 Å². The zero-order valence-corrected chi connectivity index (χ0v) is 9.87. The molecule has 5 nitrogen and oxygen atoms in total. The van der Waals surface area contributed by atoms with Crippen molar-refractivity contribution in [2.75, 3.05) is 13.7 Å². The number of ether oxygens (including phenoxy) is 1. The highest BCUT2D eigenvalue weighted by molar-refractivity contribution is 7.89. The highest BCUT2D eigenvalue weighted by Crippen LogP contribution is 2.10. The van der Waals surface area contributed by atoms with Gasteiger partial charge in [0.1, 0.15) is 0 Å². The third-order valence-corrected chi connectivity index (χ3v) is 3.37. The summed E-state index contributed by atoms with van der Waals surface area (Å²) in [6, 6.07) is 5.56. The molecule has 0 saturated carbocycles. The fraction of sp³-hybridized carbons (Fsp3) is 0.300. The number of benzene rings is 1. The van der Waals surface area contributed by atoms with E-state index in [2.05, 4.69) is 4.72 Å². The Morgan fingerprint density at radius 1 is 1.31 bits per heavy atom. The van der Waals surface area contributed by atoms with Gasteiger partial charge in [-0.2, -0.15) is 0 Å². The highest BCUT2D eigenvalue weighted by atomic mass is 32.2. The van der Waals surface area contributed by atoms with Crippen LogP contribution in [0.3, 0.4) is 0 Å². The zero-order valence-electron chi connectivity index (χ0n) is 9.06. The van der Waals surface area contributed by atoms with Crippen LogP contribution in [0.25, 0.3) is 0 Å². The minimum Gasteiger partial charge on any atom is -0.462 e. The Morgan fingerprint density at radius 2 is 1.88 bits per heavy atom. The van der Waals surface area contributed by atoms with Crippen LogP contribution in [-0.2, 0) is 14.8 Å². The number of carbonyl (C=O) groups is 1. The molecule has 1 rings (SSSR count). The molecule has 0 spiro atoms. The number of hydrogen-bond acceptors (Lipinski definition) is 4. The van der Waals surface area contributed by atoms with Crippen molar-refractivity contribution in [3.05, 3.63) is 29.8 Å². The SMILES string of the molecule is CCOC(=O)c1ccc(S(=O)(=O)NC)cc1. The first-order valence-electron chi connectivity index (χ1n) is 4.72. The fourth-order valence-corrected chi connectivity index (χ4v) is 1.83. The monoisotopic (exact) mass is 243 g/mol. The van der Waals surface area contributed by atoms with E-state index in [9.17, 15) is 13.2 Å². The molecule has 0 aliphatic carbocycles. The van der Waals surface area contributed by atoms with Gasteiger partial charge in [-0.05, 0) is 38.2 Å². The number of rotatable bonds is 4. The normalized spacial score (nSPS) is 11.1. The van der Waals surface area contributed by atoms with Crippen LogP contribution in [0.4, 0.5) is 0 Å². The lowest BCUT2D eigenvalue weighted by atomic mass is 10.2. The third-order valence-electron chi connectivity index (χ3n) is 1.94. The number of sulfonamides is 1. The topological polar surface area (TPSA) is 72.5 Å². The van der Waals surface area contributed by atoms with Gasteiger partial charge in [0.15, 0.2) is 0 Å². The van der Waals surface area contributed by atoms with E-state index in [4.69, 9.17) is 4.74 Å². The van der Waals surface area contributed by atoms with Crippen molar-refractivity contribution in [1.82, 2.24) is 4.72 Å². The lowest BCUT2D eigenvalue weighted by Gasteiger charge is -2.04. The quantitative estimate of drug-likeness (QED) is 0.793. The Kier molecular flexibility index (Phi) is 4.03. The van der Waals surface area contributed by atoms with E-state index >= 15 is 0 Å². The van der Waals surface area contributed by atoms with Crippen LogP contribution < -0.4 is 4.72 Å². The van der Waals surface area contributed by atoms with E-state index in [0.717, 1.165) is 0 Å². The second-order valence-electron chi connectivity index (χ2n) is 2.95. The summed E-state index contributed by atoms with van der Waals surface area (Å²) >= 11 is 0. The van der Waals surface area contributed by atoms with Gasteiger partial charge < -0.3 is 4.74 Å². The average Bonchev–Trinajstić information content (AvgIpc) is 2.29. The standard InChI is InChI=1S/C10H13NO4S/c1-3-15-10(12)8-4-6-9(7-5-8)16(13,14)11-2/h4-7,11H,3H2,1-2H3. The maximum absolute atomic E-state index is 11.4. The van der Waals surface area contributed by atoms with Crippen molar-refractivity contribution in [3.63, 3.8) is 0 Å². The Morgan fingerprint density at radius 3 is 2.31 bits per heavy atom. The first kappa shape index (κ1) is 12.7. The van der Waals surface area contributed by atoms with Gasteiger partial charge in [0.05, 0.1) is 17.1 Å². The van der Waals surface area contributed by atoms with Crippen molar-refractivity contribution >= 4 is 16.0 Å². The minimum atomic E-state index is -3.46. The molecule has 0 unspecified atom stereocenters. The Hall–Kier alpha value is -1.40. The summed E-state index contributed by atoms with van der Waals surface area (Å²) in [6.07, 6.45) is 0. The second-order valence-corrected chi connectivity index (χ2v) is 4.84. The van der Waals surface area contributed by atoms with Crippen LogP contribution in [0.15, 0.2) is 29.2 Å². The number of esters is 1. The molecule has 16 heavy (non-hydrogen) atoms. The summed E-state index contributed by atoms with van der Waals surface area (Å²) in [5.41, 5.74) is 0.330.